The summed E-state index contributed by atoms with van der Waals surface area (Å²) in [4.78, 5) is 11.9. The molecule has 0 aromatic rings. The summed E-state index contributed by atoms with van der Waals surface area (Å²) in [6.07, 6.45) is -1.61. The van der Waals surface area contributed by atoms with Crippen LogP contribution in [-0.2, 0) is 9.53 Å². The van der Waals surface area contributed by atoms with Gasteiger partial charge >= 0.3 is 0 Å². The highest BCUT2D eigenvalue weighted by molar-refractivity contribution is 5.79. The van der Waals surface area contributed by atoms with Crippen LogP contribution in [0.2, 0.25) is 0 Å². The molecule has 0 aromatic heterocycles. The average molecular weight is 275 g/mol. The fourth-order valence-electron chi connectivity index (χ4n) is 2.72. The van der Waals surface area contributed by atoms with Gasteiger partial charge in [0.25, 0.3) is 0 Å². The fourth-order valence-corrected chi connectivity index (χ4v) is 2.72. The van der Waals surface area contributed by atoms with Gasteiger partial charge in [-0.25, -0.2) is 0 Å². The summed E-state index contributed by atoms with van der Waals surface area (Å²) in [6, 6.07) is -1.08. The molecule has 1 saturated carbocycles. The molecule has 0 bridgehead atoms. The van der Waals surface area contributed by atoms with Crippen LogP contribution in [0.4, 0.5) is 0 Å². The minimum absolute atomic E-state index is 0.105. The maximum Gasteiger partial charge on any atom is 0.223 e. The molecule has 2 unspecified atom stereocenters. The van der Waals surface area contributed by atoms with Gasteiger partial charge in [-0.15, -0.1) is 0 Å². The molecule has 7 nitrogen and oxygen atoms in total. The zero-order valence-electron chi connectivity index (χ0n) is 10.6. The lowest BCUT2D eigenvalue weighted by atomic mass is 9.96. The molecule has 5 atom stereocenters. The Bertz CT molecular complexity index is 319. The van der Waals surface area contributed by atoms with Crippen LogP contribution in [0.3, 0.4) is 0 Å². The van der Waals surface area contributed by atoms with Crippen LogP contribution >= 0.6 is 0 Å². The van der Waals surface area contributed by atoms with Crippen molar-refractivity contribution in [2.75, 3.05) is 6.61 Å². The van der Waals surface area contributed by atoms with Gasteiger partial charge in [-0.05, 0) is 12.8 Å². The number of rotatable bonds is 3. The second kappa shape index (κ2) is 6.15. The van der Waals surface area contributed by atoms with Crippen molar-refractivity contribution in [3.05, 3.63) is 0 Å². The Kier molecular flexibility index (Phi) is 4.75. The van der Waals surface area contributed by atoms with Gasteiger partial charge in [-0.3, -0.25) is 4.79 Å². The van der Waals surface area contributed by atoms with Crippen molar-refractivity contribution < 1.29 is 30.0 Å². The number of ether oxygens (including phenoxy) is 1. The fraction of sp³-hybridized carbons (Fsp3) is 0.917. The first-order valence-electron chi connectivity index (χ1n) is 6.65. The number of hydrogen-bond acceptors (Lipinski definition) is 6. The third-order valence-electron chi connectivity index (χ3n) is 3.94. The number of carbonyl (C=O) groups is 1. The molecule has 5 N–H and O–H groups in total. The third kappa shape index (κ3) is 3.06. The van der Waals surface area contributed by atoms with Crippen LogP contribution in [0.5, 0.6) is 0 Å². The summed E-state index contributed by atoms with van der Waals surface area (Å²) in [7, 11) is 0. The van der Waals surface area contributed by atoms with E-state index in [0.717, 1.165) is 25.7 Å². The summed E-state index contributed by atoms with van der Waals surface area (Å²) >= 11 is 0. The van der Waals surface area contributed by atoms with Gasteiger partial charge in [0.1, 0.15) is 24.4 Å². The van der Waals surface area contributed by atoms with E-state index in [9.17, 15) is 20.1 Å². The van der Waals surface area contributed by atoms with Crippen molar-refractivity contribution in [2.45, 2.75) is 56.3 Å². The first kappa shape index (κ1) is 14.7. The molecule has 19 heavy (non-hydrogen) atoms. The number of amides is 1. The molecule has 0 radical (unpaired) electrons. The van der Waals surface area contributed by atoms with Crippen molar-refractivity contribution in [1.29, 1.82) is 0 Å². The average Bonchev–Trinajstić information content (AvgIpc) is 2.92. The zero-order valence-corrected chi connectivity index (χ0v) is 10.6. The van der Waals surface area contributed by atoms with E-state index in [1.807, 2.05) is 0 Å². The van der Waals surface area contributed by atoms with E-state index in [2.05, 4.69) is 5.32 Å². The Hall–Kier alpha value is -0.730. The first-order valence-corrected chi connectivity index (χ1v) is 6.65. The highest BCUT2D eigenvalue weighted by Crippen LogP contribution is 2.26. The third-order valence-corrected chi connectivity index (χ3v) is 3.94. The Labute approximate surface area is 111 Å². The lowest BCUT2D eigenvalue weighted by Gasteiger charge is -2.40. The molecular formula is C12H21NO6. The van der Waals surface area contributed by atoms with Crippen LogP contribution < -0.4 is 5.32 Å². The number of aliphatic hydroxyl groups excluding tert-OH is 4. The van der Waals surface area contributed by atoms with Gasteiger partial charge in [-0.2, -0.15) is 0 Å². The normalized spacial score (nSPS) is 40.3. The quantitative estimate of drug-likeness (QED) is 0.410. The largest absolute Gasteiger partial charge is 0.394 e. The zero-order chi connectivity index (χ0) is 14.0. The van der Waals surface area contributed by atoms with Crippen LogP contribution in [0, 0.1) is 5.92 Å². The number of aliphatic hydroxyl groups is 4. The van der Waals surface area contributed by atoms with Gasteiger partial charge < -0.3 is 30.5 Å². The number of hydrogen-bond donors (Lipinski definition) is 5. The topological polar surface area (TPSA) is 119 Å². The van der Waals surface area contributed by atoms with E-state index in [1.54, 1.807) is 0 Å². The van der Waals surface area contributed by atoms with Crippen LogP contribution in [0.15, 0.2) is 0 Å². The van der Waals surface area contributed by atoms with Crippen molar-refractivity contribution in [3.8, 4) is 0 Å². The van der Waals surface area contributed by atoms with E-state index in [0.29, 0.717) is 0 Å². The molecule has 7 heteroatoms. The SMILES string of the molecule is O=C(NC1[C@@H](O)OC(CO)[C@H](O)[C@H]1O)C1CCCC1. The summed E-state index contributed by atoms with van der Waals surface area (Å²) in [6.45, 7) is -0.515. The lowest BCUT2D eigenvalue weighted by molar-refractivity contribution is -0.254. The molecule has 1 heterocycles. The molecule has 110 valence electrons. The molecule has 2 rings (SSSR count). The van der Waals surface area contributed by atoms with Crippen molar-refractivity contribution in [1.82, 2.24) is 5.32 Å². The smallest absolute Gasteiger partial charge is 0.223 e. The molecule has 0 spiro atoms. The van der Waals surface area contributed by atoms with Gasteiger partial charge in [0.2, 0.25) is 5.91 Å². The molecule has 1 saturated heterocycles. The highest BCUT2D eigenvalue weighted by Gasteiger charge is 2.44. The molecule has 2 fully saturated rings. The van der Waals surface area contributed by atoms with Crippen LogP contribution in [-0.4, -0.2) is 63.6 Å². The Morgan fingerprint density at radius 3 is 2.37 bits per heavy atom. The highest BCUT2D eigenvalue weighted by atomic mass is 16.6. The molecule has 1 amide bonds. The standard InChI is InChI=1S/C12H21NO6/c14-5-7-9(15)10(16)8(12(18)19-7)13-11(17)6-3-1-2-4-6/h6-10,12,14-16,18H,1-5H2,(H,13,17)/t7?,8?,9-,10-,12-/m0/s1. The van der Waals surface area contributed by atoms with Gasteiger partial charge in [0.15, 0.2) is 6.29 Å². The Morgan fingerprint density at radius 2 is 1.79 bits per heavy atom. The molecule has 2 aliphatic rings. The predicted molar refractivity (Wildman–Crippen MR) is 63.9 cm³/mol. The van der Waals surface area contributed by atoms with E-state index in [-0.39, 0.29) is 11.8 Å². The maximum atomic E-state index is 11.9. The summed E-state index contributed by atoms with van der Waals surface area (Å²) in [5.74, 6) is -0.342. The van der Waals surface area contributed by atoms with E-state index < -0.39 is 37.3 Å². The van der Waals surface area contributed by atoms with Crippen molar-refractivity contribution in [2.24, 2.45) is 5.92 Å². The Balaban J connectivity index is 1.96. The van der Waals surface area contributed by atoms with Gasteiger partial charge in [-0.1, -0.05) is 12.8 Å². The number of carbonyl (C=O) groups excluding carboxylic acids is 1. The molecule has 0 aromatic carbocycles. The first-order chi connectivity index (χ1) is 9.04. The predicted octanol–water partition coefficient (Wildman–Crippen LogP) is -1.91. The van der Waals surface area contributed by atoms with Gasteiger partial charge in [0, 0.05) is 5.92 Å². The minimum atomic E-state index is -1.44. The van der Waals surface area contributed by atoms with Crippen molar-refractivity contribution in [3.63, 3.8) is 0 Å². The molecular weight excluding hydrogens is 254 g/mol. The molecule has 1 aliphatic heterocycles. The summed E-state index contributed by atoms with van der Waals surface area (Å²) in [5.41, 5.74) is 0. The van der Waals surface area contributed by atoms with E-state index >= 15 is 0 Å². The Morgan fingerprint density at radius 1 is 1.16 bits per heavy atom. The lowest BCUT2D eigenvalue weighted by Crippen LogP contribution is -2.64. The van der Waals surface area contributed by atoms with Crippen molar-refractivity contribution >= 4 is 5.91 Å². The summed E-state index contributed by atoms with van der Waals surface area (Å²) < 4.78 is 4.98. The second-order valence-corrected chi connectivity index (χ2v) is 5.24. The molecule has 1 aliphatic carbocycles. The van der Waals surface area contributed by atoms with Gasteiger partial charge in [0.05, 0.1) is 6.61 Å². The number of nitrogens with one attached hydrogen (secondary N) is 1. The van der Waals surface area contributed by atoms with Crippen LogP contribution in [0.25, 0.3) is 0 Å². The second-order valence-electron chi connectivity index (χ2n) is 5.24. The minimum Gasteiger partial charge on any atom is -0.394 e. The summed E-state index contributed by atoms with van der Waals surface area (Å²) in [5, 5.41) is 40.8. The maximum absolute atomic E-state index is 11.9. The monoisotopic (exact) mass is 275 g/mol. The van der Waals surface area contributed by atoms with E-state index in [1.165, 1.54) is 0 Å². The van der Waals surface area contributed by atoms with Crippen LogP contribution in [0.1, 0.15) is 25.7 Å². The van der Waals surface area contributed by atoms with E-state index in [4.69, 9.17) is 9.84 Å².